The minimum atomic E-state index is -0.626. The molecule has 2 aromatic rings. The quantitative estimate of drug-likeness (QED) is 0.298. The maximum Gasteiger partial charge on any atom is 0.410 e. The number of amides is 1. The van der Waals surface area contributed by atoms with E-state index in [1.165, 1.54) is 0 Å². The summed E-state index contributed by atoms with van der Waals surface area (Å²) < 4.78 is 11.5. The highest BCUT2D eigenvalue weighted by Gasteiger charge is 2.32. The molecule has 0 aliphatic rings. The molecule has 0 saturated heterocycles. The number of unbranched alkanes of at least 4 members (excludes halogenated alkanes) is 1. The van der Waals surface area contributed by atoms with Crippen LogP contribution in [0, 0.1) is 5.92 Å². The van der Waals surface area contributed by atoms with Crippen molar-refractivity contribution in [1.29, 1.82) is 0 Å². The van der Waals surface area contributed by atoms with Gasteiger partial charge in [-0.15, -0.1) is 0 Å². The second-order valence-electron chi connectivity index (χ2n) is 11.7. The summed E-state index contributed by atoms with van der Waals surface area (Å²) in [5.41, 5.74) is 1.09. The lowest BCUT2D eigenvalue weighted by Gasteiger charge is -2.33. The molecular weight excluding hydrogens is 464 g/mol. The molecule has 0 fully saturated rings. The Labute approximate surface area is 223 Å². The third-order valence-electron chi connectivity index (χ3n) is 5.59. The highest BCUT2D eigenvalue weighted by Crippen LogP contribution is 2.19. The van der Waals surface area contributed by atoms with Gasteiger partial charge in [-0.25, -0.2) is 4.79 Å². The Balaban J connectivity index is 2.34. The van der Waals surface area contributed by atoms with Gasteiger partial charge in [-0.2, -0.15) is 0 Å². The van der Waals surface area contributed by atoms with Crippen LogP contribution in [-0.2, 0) is 27.4 Å². The largest absolute Gasteiger partial charge is 0.460 e. The molecule has 0 aliphatic carbocycles. The Kier molecular flexibility index (Phi) is 11.6. The number of hydrogen-bond donors (Lipinski definition) is 0. The lowest BCUT2D eigenvalue weighted by molar-refractivity contribution is -0.161. The van der Waals surface area contributed by atoms with Crippen LogP contribution in [0.5, 0.6) is 0 Å². The van der Waals surface area contributed by atoms with Crippen molar-refractivity contribution < 1.29 is 19.1 Å². The van der Waals surface area contributed by atoms with E-state index in [-0.39, 0.29) is 12.5 Å². The first-order chi connectivity index (χ1) is 17.4. The fourth-order valence-corrected chi connectivity index (χ4v) is 3.97. The highest BCUT2D eigenvalue weighted by atomic mass is 16.6. The Morgan fingerprint density at radius 2 is 1.24 bits per heavy atom. The molecular formula is C31H46N2O4. The van der Waals surface area contributed by atoms with Gasteiger partial charge in [0.05, 0.1) is 5.92 Å². The molecule has 1 amide bonds. The van der Waals surface area contributed by atoms with Gasteiger partial charge in [0.1, 0.15) is 11.2 Å². The van der Waals surface area contributed by atoms with E-state index in [9.17, 15) is 9.59 Å². The Bertz CT molecular complexity index is 907. The summed E-state index contributed by atoms with van der Waals surface area (Å²) in [4.78, 5) is 30.5. The number of benzene rings is 2. The van der Waals surface area contributed by atoms with E-state index in [0.29, 0.717) is 26.2 Å². The van der Waals surface area contributed by atoms with Crippen LogP contribution in [0.3, 0.4) is 0 Å². The predicted molar refractivity (Wildman–Crippen MR) is 149 cm³/mol. The van der Waals surface area contributed by atoms with Crippen molar-refractivity contribution in [2.75, 3.05) is 19.6 Å². The molecule has 0 saturated carbocycles. The van der Waals surface area contributed by atoms with E-state index in [4.69, 9.17) is 9.47 Å². The van der Waals surface area contributed by atoms with Crippen molar-refractivity contribution in [3.8, 4) is 0 Å². The number of esters is 1. The second-order valence-corrected chi connectivity index (χ2v) is 11.7. The fourth-order valence-electron chi connectivity index (χ4n) is 3.97. The van der Waals surface area contributed by atoms with Crippen LogP contribution in [0.15, 0.2) is 60.7 Å². The summed E-state index contributed by atoms with van der Waals surface area (Å²) in [6.45, 7) is 15.8. The number of rotatable bonds is 12. The number of ether oxygens (including phenoxy) is 2. The number of nitrogens with zero attached hydrogens (tertiary/aromatic N) is 2. The summed E-state index contributed by atoms with van der Waals surface area (Å²) in [7, 11) is 0. The summed E-state index contributed by atoms with van der Waals surface area (Å²) in [6, 6.07) is 20.5. The van der Waals surface area contributed by atoms with Crippen molar-refractivity contribution in [3.63, 3.8) is 0 Å². The van der Waals surface area contributed by atoms with Gasteiger partial charge in [0.2, 0.25) is 0 Å². The van der Waals surface area contributed by atoms with Crippen LogP contribution < -0.4 is 0 Å². The fraction of sp³-hybridized carbons (Fsp3) is 0.548. The normalized spacial score (nSPS) is 12.8. The molecule has 0 aromatic heterocycles. The molecule has 1 atom stereocenters. The first kappa shape index (κ1) is 30.4. The molecule has 204 valence electrons. The molecule has 0 spiro atoms. The van der Waals surface area contributed by atoms with Gasteiger partial charge in [0.25, 0.3) is 0 Å². The zero-order valence-corrected chi connectivity index (χ0v) is 23.8. The molecule has 2 aromatic carbocycles. The van der Waals surface area contributed by atoms with Gasteiger partial charge in [-0.3, -0.25) is 9.69 Å². The number of carbonyl (C=O) groups excluding carboxylic acids is 2. The second kappa shape index (κ2) is 14.2. The van der Waals surface area contributed by atoms with Crippen molar-refractivity contribution in [2.45, 2.75) is 85.6 Å². The molecule has 6 heteroatoms. The van der Waals surface area contributed by atoms with E-state index in [0.717, 1.165) is 24.0 Å². The van der Waals surface area contributed by atoms with Crippen molar-refractivity contribution in [1.82, 2.24) is 9.80 Å². The predicted octanol–water partition coefficient (Wildman–Crippen LogP) is 6.68. The molecule has 1 unspecified atom stereocenters. The van der Waals surface area contributed by atoms with Gasteiger partial charge in [0.15, 0.2) is 0 Å². The van der Waals surface area contributed by atoms with Crippen molar-refractivity contribution in [3.05, 3.63) is 71.8 Å². The van der Waals surface area contributed by atoms with Crippen LogP contribution in [0.25, 0.3) is 0 Å². The molecule has 0 N–H and O–H groups in total. The SMILES string of the molecule is CCCCN(CC(CN(Cc1ccccc1)Cc1ccccc1)C(=O)OC(C)(C)C)C(=O)OC(C)(C)C. The number of hydrogen-bond acceptors (Lipinski definition) is 5. The Hall–Kier alpha value is -2.86. The van der Waals surface area contributed by atoms with Crippen LogP contribution >= 0.6 is 0 Å². The van der Waals surface area contributed by atoms with Gasteiger partial charge in [0, 0.05) is 32.7 Å². The summed E-state index contributed by atoms with van der Waals surface area (Å²) in [6.07, 6.45) is 1.37. The van der Waals surface area contributed by atoms with E-state index >= 15 is 0 Å². The lowest BCUT2D eigenvalue weighted by atomic mass is 10.1. The zero-order valence-electron chi connectivity index (χ0n) is 23.8. The average molecular weight is 511 g/mol. The summed E-state index contributed by atoms with van der Waals surface area (Å²) in [5.74, 6) is -0.834. The average Bonchev–Trinajstić information content (AvgIpc) is 2.80. The van der Waals surface area contributed by atoms with E-state index in [2.05, 4.69) is 36.1 Å². The maximum atomic E-state index is 13.5. The van der Waals surface area contributed by atoms with Crippen LogP contribution in [0.4, 0.5) is 4.79 Å². The van der Waals surface area contributed by atoms with Crippen molar-refractivity contribution >= 4 is 12.1 Å². The maximum absolute atomic E-state index is 13.5. The standard InChI is InChI=1S/C31H46N2O4/c1-8-9-20-33(29(35)37-31(5,6)7)24-27(28(34)36-30(2,3)4)23-32(21-25-16-12-10-13-17-25)22-26-18-14-11-15-19-26/h10-19,27H,8-9,20-24H2,1-7H3. The lowest BCUT2D eigenvalue weighted by Crippen LogP contribution is -2.46. The van der Waals surface area contributed by atoms with Crippen LogP contribution in [0.1, 0.15) is 72.4 Å². The molecule has 6 nitrogen and oxygen atoms in total. The van der Waals surface area contributed by atoms with Gasteiger partial charge >= 0.3 is 12.1 Å². The van der Waals surface area contributed by atoms with Crippen LogP contribution in [-0.4, -0.2) is 52.7 Å². The Morgan fingerprint density at radius 3 is 1.68 bits per heavy atom. The zero-order chi connectivity index (χ0) is 27.5. The van der Waals surface area contributed by atoms with E-state index < -0.39 is 23.2 Å². The topological polar surface area (TPSA) is 59.1 Å². The van der Waals surface area contributed by atoms with Gasteiger partial charge < -0.3 is 14.4 Å². The highest BCUT2D eigenvalue weighted by molar-refractivity contribution is 5.75. The minimum Gasteiger partial charge on any atom is -0.460 e. The molecule has 0 aliphatic heterocycles. The minimum absolute atomic E-state index is 0.240. The van der Waals surface area contributed by atoms with E-state index in [1.807, 2.05) is 77.9 Å². The Morgan fingerprint density at radius 1 is 0.757 bits per heavy atom. The number of carbonyl (C=O) groups is 2. The third kappa shape index (κ3) is 12.3. The molecule has 2 rings (SSSR count). The van der Waals surface area contributed by atoms with E-state index in [1.54, 1.807) is 4.90 Å². The van der Waals surface area contributed by atoms with Crippen LogP contribution in [0.2, 0.25) is 0 Å². The molecule has 0 radical (unpaired) electrons. The monoisotopic (exact) mass is 510 g/mol. The summed E-state index contributed by atoms with van der Waals surface area (Å²) in [5, 5.41) is 0. The first-order valence-corrected chi connectivity index (χ1v) is 13.4. The van der Waals surface area contributed by atoms with Gasteiger partial charge in [-0.1, -0.05) is 74.0 Å². The van der Waals surface area contributed by atoms with Gasteiger partial charge in [-0.05, 0) is 59.1 Å². The van der Waals surface area contributed by atoms with Crippen molar-refractivity contribution in [2.24, 2.45) is 5.92 Å². The molecule has 37 heavy (non-hydrogen) atoms. The first-order valence-electron chi connectivity index (χ1n) is 13.4. The summed E-state index contributed by atoms with van der Waals surface area (Å²) >= 11 is 0. The smallest absolute Gasteiger partial charge is 0.410 e. The molecule has 0 heterocycles. The molecule has 0 bridgehead atoms. The third-order valence-corrected chi connectivity index (χ3v) is 5.59.